The van der Waals surface area contributed by atoms with Crippen LogP contribution in [0.2, 0.25) is 0 Å². The van der Waals surface area contributed by atoms with Crippen LogP contribution in [0.1, 0.15) is 84.0 Å². The highest BCUT2D eigenvalue weighted by Gasteiger charge is 2.42. The molecule has 0 bridgehead atoms. The van der Waals surface area contributed by atoms with Gasteiger partial charge in [-0.05, 0) is 95.8 Å². The molecule has 0 radical (unpaired) electrons. The lowest BCUT2D eigenvalue weighted by Gasteiger charge is -2.43. The number of aryl methyl sites for hydroxylation is 1. The Morgan fingerprint density at radius 1 is 0.975 bits per heavy atom. The fourth-order valence-corrected chi connectivity index (χ4v) is 4.28. The number of phenols is 2. The van der Waals surface area contributed by atoms with Crippen LogP contribution in [0.5, 0.6) is 11.5 Å². The molecule has 40 heavy (non-hydrogen) atoms. The van der Waals surface area contributed by atoms with Crippen LogP contribution in [0.4, 0.5) is 4.79 Å². The number of carbonyl (C=O) groups excluding carboxylic acids is 3. The van der Waals surface area contributed by atoms with Gasteiger partial charge in [0.15, 0.2) is 0 Å². The summed E-state index contributed by atoms with van der Waals surface area (Å²) in [5.74, 6) is -0.677. The van der Waals surface area contributed by atoms with E-state index in [1.807, 2.05) is 27.7 Å². The topological polar surface area (TPSA) is 128 Å². The number of amides is 3. The summed E-state index contributed by atoms with van der Waals surface area (Å²) in [6, 6.07) is 9.09. The molecule has 0 aliphatic heterocycles. The summed E-state index contributed by atoms with van der Waals surface area (Å²) in [7, 11) is 0. The number of unbranched alkanes of at least 4 members (excludes halogenated alkanes) is 1. The molecule has 0 spiro atoms. The molecule has 9 heteroatoms. The number of hydrogen-bond acceptors (Lipinski definition) is 6. The first-order valence-corrected chi connectivity index (χ1v) is 13.7. The van der Waals surface area contributed by atoms with E-state index in [2.05, 4.69) is 10.6 Å². The van der Waals surface area contributed by atoms with Crippen molar-refractivity contribution in [2.75, 3.05) is 6.54 Å². The first-order chi connectivity index (χ1) is 18.5. The second-order valence-electron chi connectivity index (χ2n) is 12.0. The molecule has 2 atom stereocenters. The van der Waals surface area contributed by atoms with Gasteiger partial charge in [-0.15, -0.1) is 0 Å². The lowest BCUT2D eigenvalue weighted by molar-refractivity contribution is -0.148. The van der Waals surface area contributed by atoms with Gasteiger partial charge in [-0.1, -0.05) is 31.5 Å². The van der Waals surface area contributed by atoms with E-state index < -0.39 is 35.2 Å². The number of carbonyl (C=O) groups is 3. The van der Waals surface area contributed by atoms with Gasteiger partial charge in [0.05, 0.1) is 0 Å². The minimum Gasteiger partial charge on any atom is -0.508 e. The first kappa shape index (κ1) is 32.5. The maximum Gasteiger partial charge on any atom is 0.408 e. The molecule has 0 aliphatic rings. The van der Waals surface area contributed by atoms with E-state index in [1.165, 1.54) is 23.1 Å². The zero-order valence-electron chi connectivity index (χ0n) is 25.0. The predicted octanol–water partition coefficient (Wildman–Crippen LogP) is 5.13. The molecule has 0 heterocycles. The lowest BCUT2D eigenvalue weighted by Crippen LogP contribution is -2.59. The molecule has 2 rings (SSSR count). The SMILES string of the molecule is CCCCNC(=O)C(c1ccc(O)c(C)c1)N(C(=O)C(Cc1ccc(O)cc1)NC(=O)OC(C)(C)C)C(C)(C)C. The predicted molar refractivity (Wildman–Crippen MR) is 155 cm³/mol. The number of nitrogens with zero attached hydrogens (tertiary/aromatic N) is 1. The Kier molecular flexibility index (Phi) is 11.0. The van der Waals surface area contributed by atoms with Gasteiger partial charge < -0.3 is 30.5 Å². The quantitative estimate of drug-likeness (QED) is 0.301. The van der Waals surface area contributed by atoms with Gasteiger partial charge in [0, 0.05) is 18.5 Å². The van der Waals surface area contributed by atoms with Crippen molar-refractivity contribution in [2.45, 2.75) is 97.9 Å². The first-order valence-electron chi connectivity index (χ1n) is 13.7. The Labute approximate surface area is 237 Å². The molecule has 0 saturated heterocycles. The Morgan fingerprint density at radius 3 is 2.12 bits per heavy atom. The number of nitrogens with one attached hydrogen (secondary N) is 2. The minimum atomic E-state index is -1.08. The van der Waals surface area contributed by atoms with E-state index >= 15 is 0 Å². The van der Waals surface area contributed by atoms with E-state index in [4.69, 9.17) is 4.74 Å². The zero-order chi connectivity index (χ0) is 30.3. The second-order valence-corrected chi connectivity index (χ2v) is 12.0. The highest BCUT2D eigenvalue weighted by atomic mass is 16.6. The smallest absolute Gasteiger partial charge is 0.408 e. The number of ether oxygens (including phenoxy) is 1. The number of rotatable bonds is 10. The number of benzene rings is 2. The van der Waals surface area contributed by atoms with Crippen molar-refractivity contribution < 1.29 is 29.3 Å². The van der Waals surface area contributed by atoms with Gasteiger partial charge in [0.1, 0.15) is 29.2 Å². The van der Waals surface area contributed by atoms with Crippen molar-refractivity contribution in [1.82, 2.24) is 15.5 Å². The molecule has 2 aromatic rings. The summed E-state index contributed by atoms with van der Waals surface area (Å²) in [5, 5.41) is 25.6. The molecule has 220 valence electrons. The average Bonchev–Trinajstić information content (AvgIpc) is 2.83. The van der Waals surface area contributed by atoms with Crippen LogP contribution in [0.25, 0.3) is 0 Å². The highest BCUT2D eigenvalue weighted by Crippen LogP contribution is 2.32. The number of hydrogen-bond donors (Lipinski definition) is 4. The van der Waals surface area contributed by atoms with Crippen LogP contribution in [0, 0.1) is 6.92 Å². The van der Waals surface area contributed by atoms with Crippen LogP contribution >= 0.6 is 0 Å². The Balaban J connectivity index is 2.61. The highest BCUT2D eigenvalue weighted by molar-refractivity contribution is 5.93. The second kappa shape index (κ2) is 13.5. The summed E-state index contributed by atoms with van der Waals surface area (Å²) in [6.45, 7) is 14.9. The molecule has 2 unspecified atom stereocenters. The number of aromatic hydroxyl groups is 2. The van der Waals surface area contributed by atoms with Crippen LogP contribution in [0.3, 0.4) is 0 Å². The Bertz CT molecular complexity index is 1170. The van der Waals surface area contributed by atoms with Crippen molar-refractivity contribution >= 4 is 17.9 Å². The molecule has 2 aromatic carbocycles. The monoisotopic (exact) mass is 555 g/mol. The molecule has 0 fully saturated rings. The fourth-order valence-electron chi connectivity index (χ4n) is 4.28. The van der Waals surface area contributed by atoms with E-state index in [0.29, 0.717) is 23.2 Å². The molecule has 0 aromatic heterocycles. The van der Waals surface area contributed by atoms with Crippen molar-refractivity contribution in [3.8, 4) is 11.5 Å². The molecular weight excluding hydrogens is 510 g/mol. The van der Waals surface area contributed by atoms with E-state index in [9.17, 15) is 24.6 Å². The van der Waals surface area contributed by atoms with Crippen molar-refractivity contribution in [1.29, 1.82) is 0 Å². The molecule has 3 amide bonds. The van der Waals surface area contributed by atoms with Gasteiger partial charge in [0.25, 0.3) is 0 Å². The molecule has 4 N–H and O–H groups in total. The standard InChI is InChI=1S/C31H45N3O6/c1-9-10-17-32-27(37)26(22-13-16-25(36)20(2)18-22)34(30(3,4)5)28(38)24(33-29(39)40-31(6,7)8)19-21-11-14-23(35)15-12-21/h11-16,18,24,26,35-36H,9-10,17,19H2,1-8H3,(H,32,37)(H,33,39). The molecule has 0 aliphatic carbocycles. The maximum atomic E-state index is 14.4. The third kappa shape index (κ3) is 9.47. The summed E-state index contributed by atoms with van der Waals surface area (Å²) in [5.41, 5.74) is 0.167. The van der Waals surface area contributed by atoms with Crippen molar-refractivity contribution in [3.63, 3.8) is 0 Å². The summed E-state index contributed by atoms with van der Waals surface area (Å²) in [6.07, 6.45) is 1.01. The molecule has 9 nitrogen and oxygen atoms in total. The molecule has 0 saturated carbocycles. The normalized spacial score (nSPS) is 13.2. The fraction of sp³-hybridized carbons (Fsp3) is 0.516. The van der Waals surface area contributed by atoms with Crippen LogP contribution < -0.4 is 10.6 Å². The van der Waals surface area contributed by atoms with E-state index in [0.717, 1.165) is 12.8 Å². The zero-order valence-corrected chi connectivity index (χ0v) is 25.0. The Hall–Kier alpha value is -3.75. The number of phenolic OH excluding ortho intramolecular Hbond substituents is 2. The summed E-state index contributed by atoms with van der Waals surface area (Å²) in [4.78, 5) is 42.5. The average molecular weight is 556 g/mol. The van der Waals surface area contributed by atoms with Gasteiger partial charge >= 0.3 is 6.09 Å². The van der Waals surface area contributed by atoms with Crippen molar-refractivity contribution in [3.05, 3.63) is 59.2 Å². The van der Waals surface area contributed by atoms with Crippen LogP contribution in [0.15, 0.2) is 42.5 Å². The van der Waals surface area contributed by atoms with Gasteiger partial charge in [0.2, 0.25) is 11.8 Å². The van der Waals surface area contributed by atoms with Gasteiger partial charge in [-0.3, -0.25) is 9.59 Å². The van der Waals surface area contributed by atoms with Gasteiger partial charge in [-0.25, -0.2) is 4.79 Å². The summed E-state index contributed by atoms with van der Waals surface area (Å²) < 4.78 is 5.46. The third-order valence-electron chi connectivity index (χ3n) is 6.20. The summed E-state index contributed by atoms with van der Waals surface area (Å²) >= 11 is 0. The number of alkyl carbamates (subject to hydrolysis) is 1. The lowest BCUT2D eigenvalue weighted by atomic mass is 9.93. The van der Waals surface area contributed by atoms with Crippen LogP contribution in [-0.2, 0) is 20.7 Å². The van der Waals surface area contributed by atoms with E-state index in [-0.39, 0.29) is 23.8 Å². The van der Waals surface area contributed by atoms with Crippen LogP contribution in [-0.4, -0.2) is 56.7 Å². The maximum absolute atomic E-state index is 14.4. The van der Waals surface area contributed by atoms with Crippen molar-refractivity contribution in [2.24, 2.45) is 0 Å². The van der Waals surface area contributed by atoms with Gasteiger partial charge in [-0.2, -0.15) is 0 Å². The minimum absolute atomic E-state index is 0.0783. The third-order valence-corrected chi connectivity index (χ3v) is 6.20. The molecular formula is C31H45N3O6. The Morgan fingerprint density at radius 2 is 1.60 bits per heavy atom. The van der Waals surface area contributed by atoms with E-state index in [1.54, 1.807) is 52.0 Å². The largest absolute Gasteiger partial charge is 0.508 e.